The number of rotatable bonds is 2. The lowest BCUT2D eigenvalue weighted by Gasteiger charge is -2.16. The van der Waals surface area contributed by atoms with Crippen LogP contribution in [0.4, 0.5) is 11.4 Å². The minimum atomic E-state index is -0.327. The molecule has 2 amide bonds. The van der Waals surface area contributed by atoms with Gasteiger partial charge in [0.2, 0.25) is 5.91 Å². The predicted molar refractivity (Wildman–Crippen MR) is 110 cm³/mol. The van der Waals surface area contributed by atoms with Gasteiger partial charge in [-0.25, -0.2) is 4.99 Å². The molecule has 2 aliphatic heterocycles. The molecule has 1 N–H and O–H groups in total. The first-order valence-corrected chi connectivity index (χ1v) is 9.86. The zero-order chi connectivity index (χ0) is 19.0. The number of fused-ring (bicyclic) bond motifs is 1. The van der Waals surface area contributed by atoms with Gasteiger partial charge in [0, 0.05) is 18.9 Å². The highest BCUT2D eigenvalue weighted by molar-refractivity contribution is 8.19. The molecular formula is C19H16N4O2S2. The van der Waals surface area contributed by atoms with Crippen LogP contribution in [-0.4, -0.2) is 29.0 Å². The number of thioether (sulfide) groups is 2. The third kappa shape index (κ3) is 3.33. The molecule has 0 spiro atoms. The number of amides is 2. The largest absolute Gasteiger partial charge is 0.337 e. The first-order valence-electron chi connectivity index (χ1n) is 8.23. The van der Waals surface area contributed by atoms with Crippen molar-refractivity contribution in [2.45, 2.75) is 11.8 Å². The lowest BCUT2D eigenvalue weighted by molar-refractivity contribution is -0.132. The molecule has 1 saturated heterocycles. The Bertz CT molecular complexity index is 988. The number of aliphatic imine (C=N–C) groups is 1. The summed E-state index contributed by atoms with van der Waals surface area (Å²) >= 11 is 2.81. The zero-order valence-electron chi connectivity index (χ0n) is 14.7. The molecule has 1 fully saturated rings. The molecule has 2 heterocycles. The fraction of sp³-hybridized carbons (Fsp3) is 0.105. The first kappa shape index (κ1) is 17.7. The number of hydrazine groups is 1. The SMILES string of the molecule is CC(=O)NN1C(=O)/C(=C2/Sc3ccccc3N2C)SC1=Nc1ccccc1. The van der Waals surface area contributed by atoms with Gasteiger partial charge in [0.15, 0.2) is 5.17 Å². The van der Waals surface area contributed by atoms with Crippen molar-refractivity contribution in [3.8, 4) is 0 Å². The van der Waals surface area contributed by atoms with Gasteiger partial charge in [0.25, 0.3) is 5.91 Å². The maximum atomic E-state index is 13.0. The number of carbonyl (C=O) groups excluding carboxylic acids is 2. The molecule has 0 unspecified atom stereocenters. The second-order valence-corrected chi connectivity index (χ2v) is 7.91. The first-order chi connectivity index (χ1) is 13.0. The summed E-state index contributed by atoms with van der Waals surface area (Å²) in [6, 6.07) is 17.3. The fourth-order valence-corrected chi connectivity index (χ4v) is 5.03. The molecule has 0 bridgehead atoms. The minimum Gasteiger partial charge on any atom is -0.337 e. The smallest absolute Gasteiger partial charge is 0.288 e. The molecule has 2 aromatic carbocycles. The van der Waals surface area contributed by atoms with Crippen LogP contribution in [0.2, 0.25) is 0 Å². The van der Waals surface area contributed by atoms with Crippen molar-refractivity contribution < 1.29 is 9.59 Å². The van der Waals surface area contributed by atoms with E-state index < -0.39 is 0 Å². The molecule has 6 nitrogen and oxygen atoms in total. The van der Waals surface area contributed by atoms with E-state index in [1.165, 1.54) is 23.7 Å². The Morgan fingerprint density at radius 2 is 1.74 bits per heavy atom. The molecule has 2 aliphatic rings. The number of nitrogens with one attached hydrogen (secondary N) is 1. The Kier molecular flexibility index (Phi) is 4.67. The summed E-state index contributed by atoms with van der Waals surface area (Å²) in [4.78, 5) is 32.8. The van der Waals surface area contributed by atoms with Crippen LogP contribution < -0.4 is 10.3 Å². The van der Waals surface area contributed by atoms with E-state index >= 15 is 0 Å². The molecule has 0 radical (unpaired) electrons. The average molecular weight is 396 g/mol. The molecule has 0 atom stereocenters. The molecule has 0 aromatic heterocycles. The Labute approximate surface area is 165 Å². The van der Waals surface area contributed by atoms with Crippen molar-refractivity contribution in [2.75, 3.05) is 11.9 Å². The standard InChI is InChI=1S/C19H16N4O2S2/c1-12(24)21-23-17(25)16(27-19(23)20-13-8-4-3-5-9-13)18-22(2)14-10-6-7-11-15(14)26-18/h3-11H,1-2H3,(H,21,24)/b18-16-,20-19?. The normalized spacial score (nSPS) is 20.4. The number of anilines is 1. The minimum absolute atomic E-state index is 0.285. The summed E-state index contributed by atoms with van der Waals surface area (Å²) in [5.74, 6) is -0.612. The summed E-state index contributed by atoms with van der Waals surface area (Å²) in [5.41, 5.74) is 4.35. The monoisotopic (exact) mass is 396 g/mol. The quantitative estimate of drug-likeness (QED) is 0.784. The van der Waals surface area contributed by atoms with Gasteiger partial charge >= 0.3 is 0 Å². The van der Waals surface area contributed by atoms with Crippen LogP contribution in [0.3, 0.4) is 0 Å². The zero-order valence-corrected chi connectivity index (χ0v) is 16.3. The number of para-hydroxylation sites is 2. The van der Waals surface area contributed by atoms with Gasteiger partial charge in [-0.3, -0.25) is 15.0 Å². The second-order valence-electron chi connectivity index (χ2n) is 5.90. The maximum Gasteiger partial charge on any atom is 0.288 e. The summed E-state index contributed by atoms with van der Waals surface area (Å²) < 4.78 is 0. The maximum absolute atomic E-state index is 13.0. The summed E-state index contributed by atoms with van der Waals surface area (Å²) in [6.45, 7) is 1.37. The van der Waals surface area contributed by atoms with E-state index in [-0.39, 0.29) is 11.8 Å². The van der Waals surface area contributed by atoms with Gasteiger partial charge in [0.05, 0.1) is 16.4 Å². The number of benzene rings is 2. The summed E-state index contributed by atoms with van der Waals surface area (Å²) in [5, 5.41) is 2.48. The molecule has 136 valence electrons. The van der Waals surface area contributed by atoms with Gasteiger partial charge < -0.3 is 4.90 Å². The van der Waals surface area contributed by atoms with E-state index in [2.05, 4.69) is 10.4 Å². The van der Waals surface area contributed by atoms with Gasteiger partial charge in [-0.05, 0) is 36.0 Å². The van der Waals surface area contributed by atoms with E-state index in [9.17, 15) is 9.59 Å². The number of nitrogens with zero attached hydrogens (tertiary/aromatic N) is 3. The third-order valence-corrected chi connectivity index (χ3v) is 6.36. The van der Waals surface area contributed by atoms with Crippen LogP contribution in [0.15, 0.2) is 74.4 Å². The van der Waals surface area contributed by atoms with Gasteiger partial charge in [-0.15, -0.1) is 0 Å². The van der Waals surface area contributed by atoms with E-state index in [1.807, 2.05) is 66.5 Å². The van der Waals surface area contributed by atoms with Gasteiger partial charge in [-0.1, -0.05) is 42.1 Å². The van der Waals surface area contributed by atoms with Crippen molar-refractivity contribution >= 4 is 51.9 Å². The Morgan fingerprint density at radius 3 is 2.44 bits per heavy atom. The van der Waals surface area contributed by atoms with Crippen molar-refractivity contribution in [3.05, 3.63) is 64.5 Å². The van der Waals surface area contributed by atoms with E-state index in [0.717, 1.165) is 15.6 Å². The van der Waals surface area contributed by atoms with Crippen molar-refractivity contribution in [1.29, 1.82) is 0 Å². The van der Waals surface area contributed by atoms with Crippen molar-refractivity contribution in [3.63, 3.8) is 0 Å². The summed E-state index contributed by atoms with van der Waals surface area (Å²) in [7, 11) is 1.93. The van der Waals surface area contributed by atoms with E-state index in [4.69, 9.17) is 0 Å². The van der Waals surface area contributed by atoms with Crippen LogP contribution in [-0.2, 0) is 9.59 Å². The van der Waals surface area contributed by atoms with Gasteiger partial charge in [0.1, 0.15) is 4.91 Å². The third-order valence-electron chi connectivity index (χ3n) is 3.96. The Morgan fingerprint density at radius 1 is 1.04 bits per heavy atom. The van der Waals surface area contributed by atoms with Crippen molar-refractivity contribution in [2.24, 2.45) is 4.99 Å². The van der Waals surface area contributed by atoms with Gasteiger partial charge in [-0.2, -0.15) is 5.01 Å². The van der Waals surface area contributed by atoms with E-state index in [1.54, 1.807) is 11.8 Å². The predicted octanol–water partition coefficient (Wildman–Crippen LogP) is 3.71. The van der Waals surface area contributed by atoms with Crippen LogP contribution >= 0.6 is 23.5 Å². The highest BCUT2D eigenvalue weighted by Crippen LogP contribution is 2.49. The molecule has 27 heavy (non-hydrogen) atoms. The highest BCUT2D eigenvalue weighted by Gasteiger charge is 2.39. The highest BCUT2D eigenvalue weighted by atomic mass is 32.2. The fourth-order valence-electron chi connectivity index (χ4n) is 2.75. The number of amidine groups is 1. The van der Waals surface area contributed by atoms with Crippen LogP contribution in [0.1, 0.15) is 6.92 Å². The number of carbonyl (C=O) groups is 2. The topological polar surface area (TPSA) is 65.0 Å². The number of hydrogen-bond donors (Lipinski definition) is 1. The molecule has 4 rings (SSSR count). The average Bonchev–Trinajstić information content (AvgIpc) is 3.14. The van der Waals surface area contributed by atoms with Crippen LogP contribution in [0.25, 0.3) is 0 Å². The van der Waals surface area contributed by atoms with Crippen LogP contribution in [0.5, 0.6) is 0 Å². The van der Waals surface area contributed by atoms with E-state index in [0.29, 0.717) is 15.8 Å². The molecule has 8 heteroatoms. The molecule has 2 aromatic rings. The van der Waals surface area contributed by atoms with Crippen LogP contribution in [0, 0.1) is 0 Å². The molecule has 0 saturated carbocycles. The summed E-state index contributed by atoms with van der Waals surface area (Å²) in [6.07, 6.45) is 0. The Hall–Kier alpha value is -2.71. The lowest BCUT2D eigenvalue weighted by atomic mass is 10.3. The molecular weight excluding hydrogens is 380 g/mol. The molecule has 0 aliphatic carbocycles. The number of hydrogen-bond acceptors (Lipinski definition) is 6. The van der Waals surface area contributed by atoms with Crippen molar-refractivity contribution in [1.82, 2.24) is 10.4 Å². The Balaban J connectivity index is 1.75. The lowest BCUT2D eigenvalue weighted by Crippen LogP contribution is -2.44. The second kappa shape index (κ2) is 7.13.